The largest absolute Gasteiger partial charge is 0.272 e. The van der Waals surface area contributed by atoms with Crippen molar-refractivity contribution in [2.75, 3.05) is 0 Å². The normalized spacial score (nSPS) is 31.3. The molecule has 7 rings (SSSR count). The van der Waals surface area contributed by atoms with E-state index in [2.05, 4.69) is 14.9 Å². The first-order chi connectivity index (χ1) is 14.5. The van der Waals surface area contributed by atoms with E-state index in [1.165, 1.54) is 34.8 Å². The molecule has 1 aromatic carbocycles. The monoisotopic (exact) mass is 410 g/mol. The van der Waals surface area contributed by atoms with Crippen molar-refractivity contribution in [2.24, 2.45) is 22.4 Å². The average Bonchev–Trinajstić information content (AvgIpc) is 3.47. The van der Waals surface area contributed by atoms with Crippen LogP contribution in [0.25, 0.3) is 0 Å². The van der Waals surface area contributed by atoms with Crippen molar-refractivity contribution >= 4 is 12.1 Å². The molecule has 1 amide bonds. The van der Waals surface area contributed by atoms with Crippen LogP contribution in [0.5, 0.6) is 0 Å². The molecule has 0 spiro atoms. The molecule has 3 fully saturated rings. The van der Waals surface area contributed by atoms with E-state index in [0.717, 1.165) is 44.7 Å². The Morgan fingerprint density at radius 1 is 1.13 bits per heavy atom. The average molecular weight is 410 g/mol. The Kier molecular flexibility index (Phi) is 3.92. The highest BCUT2D eigenvalue weighted by molar-refractivity contribution is 5.86. The van der Waals surface area contributed by atoms with Crippen LogP contribution in [-0.2, 0) is 24.2 Å². The Bertz CT molecular complexity index is 1040. The number of hydrazone groups is 1. The van der Waals surface area contributed by atoms with Gasteiger partial charge >= 0.3 is 0 Å². The van der Waals surface area contributed by atoms with Crippen LogP contribution >= 0.6 is 0 Å². The van der Waals surface area contributed by atoms with Gasteiger partial charge in [0.15, 0.2) is 0 Å². The maximum Gasteiger partial charge on any atom is 0.249 e. The molecule has 1 aliphatic heterocycles. The third-order valence-corrected chi connectivity index (χ3v) is 7.69. The lowest BCUT2D eigenvalue weighted by molar-refractivity contribution is -0.148. The van der Waals surface area contributed by atoms with Crippen molar-refractivity contribution in [2.45, 2.75) is 57.5 Å². The van der Waals surface area contributed by atoms with Gasteiger partial charge in [-0.25, -0.2) is 13.8 Å². The fraction of sp³-hybridized carbons (Fsp3) is 0.522. The molecule has 5 nitrogen and oxygen atoms in total. The molecule has 2 aromatic rings. The molecule has 7 heteroatoms. The number of hydrogen-bond acceptors (Lipinski definition) is 3. The second kappa shape index (κ2) is 6.46. The number of aryl methyl sites for hydroxylation is 1. The Morgan fingerprint density at radius 2 is 1.93 bits per heavy atom. The number of fused-ring (bicyclic) bond motifs is 2. The number of nitrogens with zero attached hydrogens (tertiary/aromatic N) is 4. The van der Waals surface area contributed by atoms with Gasteiger partial charge in [-0.2, -0.15) is 10.2 Å². The molecule has 1 aromatic heterocycles. The van der Waals surface area contributed by atoms with Gasteiger partial charge in [0.2, 0.25) is 5.91 Å². The highest BCUT2D eigenvalue weighted by Crippen LogP contribution is 2.63. The first-order valence-electron chi connectivity index (χ1n) is 10.9. The summed E-state index contributed by atoms with van der Waals surface area (Å²) in [6, 6.07) is 3.04. The third kappa shape index (κ3) is 2.67. The third-order valence-electron chi connectivity index (χ3n) is 7.69. The summed E-state index contributed by atoms with van der Waals surface area (Å²) in [4.78, 5) is 13.5. The molecular weight excluding hydrogens is 386 g/mol. The van der Waals surface area contributed by atoms with Gasteiger partial charge in [-0.05, 0) is 73.6 Å². The summed E-state index contributed by atoms with van der Waals surface area (Å²) < 4.78 is 29.6. The van der Waals surface area contributed by atoms with Gasteiger partial charge in [0.05, 0.1) is 17.7 Å². The van der Waals surface area contributed by atoms with Crippen molar-refractivity contribution in [3.8, 4) is 0 Å². The van der Waals surface area contributed by atoms with Gasteiger partial charge in [0.25, 0.3) is 0 Å². The van der Waals surface area contributed by atoms with Crippen LogP contribution in [0.3, 0.4) is 0 Å². The van der Waals surface area contributed by atoms with Gasteiger partial charge < -0.3 is 0 Å². The molecule has 156 valence electrons. The highest BCUT2D eigenvalue weighted by atomic mass is 19.1. The SMILES string of the molecule is O=C(N1N=CCC1c1cc(F)cc(F)c1)C12CC(Cn3ncc4c3CCC4)C(C1)C2. The number of aromatic nitrogens is 2. The van der Waals surface area contributed by atoms with Crippen LogP contribution in [0, 0.1) is 28.9 Å². The maximum atomic E-state index is 13.7. The summed E-state index contributed by atoms with van der Waals surface area (Å²) in [6.07, 6.45) is 10.2. The fourth-order valence-electron chi connectivity index (χ4n) is 6.26. The lowest BCUT2D eigenvalue weighted by atomic mass is 9.68. The van der Waals surface area contributed by atoms with Crippen LogP contribution in [0.15, 0.2) is 29.5 Å². The first-order valence-corrected chi connectivity index (χ1v) is 10.9. The van der Waals surface area contributed by atoms with Crippen molar-refractivity contribution in [3.05, 3.63) is 52.9 Å². The Labute approximate surface area is 173 Å². The summed E-state index contributed by atoms with van der Waals surface area (Å²) in [6.45, 7) is 0.886. The van der Waals surface area contributed by atoms with E-state index in [9.17, 15) is 13.6 Å². The predicted octanol–water partition coefficient (Wildman–Crippen LogP) is 4.03. The molecule has 0 saturated heterocycles. The van der Waals surface area contributed by atoms with E-state index in [1.807, 2.05) is 6.20 Å². The van der Waals surface area contributed by atoms with E-state index < -0.39 is 17.7 Å². The molecule has 2 heterocycles. The Balaban J connectivity index is 1.19. The van der Waals surface area contributed by atoms with Crippen LogP contribution in [0.1, 0.15) is 55.0 Å². The van der Waals surface area contributed by atoms with Gasteiger partial charge in [0, 0.05) is 30.9 Å². The van der Waals surface area contributed by atoms with Gasteiger partial charge in [-0.3, -0.25) is 9.48 Å². The summed E-state index contributed by atoms with van der Waals surface area (Å²) in [5.74, 6) is -0.241. The quantitative estimate of drug-likeness (QED) is 0.764. The van der Waals surface area contributed by atoms with E-state index in [0.29, 0.717) is 23.8 Å². The molecule has 0 radical (unpaired) electrons. The van der Waals surface area contributed by atoms with Gasteiger partial charge in [0.1, 0.15) is 11.6 Å². The van der Waals surface area contributed by atoms with Crippen molar-refractivity contribution in [1.82, 2.24) is 14.8 Å². The lowest BCUT2D eigenvalue weighted by Crippen LogP contribution is -2.45. The van der Waals surface area contributed by atoms with Crippen LogP contribution < -0.4 is 0 Å². The number of hydrogen-bond donors (Lipinski definition) is 0. The van der Waals surface area contributed by atoms with Crippen molar-refractivity contribution < 1.29 is 13.6 Å². The molecule has 0 N–H and O–H groups in total. The lowest BCUT2D eigenvalue weighted by Gasteiger charge is -2.40. The minimum atomic E-state index is -0.626. The molecule has 4 aliphatic carbocycles. The standard InChI is InChI=1S/C23H24F2N4O/c24-18-6-15(7-19(25)8-18)21-4-5-26-29(21)22(30)23-9-16(10-23)17(11-23)13-28-20-3-1-2-14(20)12-27-28/h5-8,12,16-17,21H,1-4,9-11,13H2. The van der Waals surface area contributed by atoms with Crippen LogP contribution in [-0.4, -0.2) is 26.9 Å². The summed E-state index contributed by atoms with van der Waals surface area (Å²) in [5, 5.41) is 10.4. The number of rotatable bonds is 4. The Hall–Kier alpha value is -2.57. The second-order valence-corrected chi connectivity index (χ2v) is 9.47. The molecule has 30 heavy (non-hydrogen) atoms. The zero-order valence-corrected chi connectivity index (χ0v) is 16.7. The number of halogens is 2. The highest BCUT2D eigenvalue weighted by Gasteiger charge is 2.62. The number of carbonyl (C=O) groups is 1. The van der Waals surface area contributed by atoms with Crippen molar-refractivity contribution in [1.29, 1.82) is 0 Å². The van der Waals surface area contributed by atoms with E-state index in [-0.39, 0.29) is 11.3 Å². The molecule has 2 unspecified atom stereocenters. The maximum absolute atomic E-state index is 13.7. The van der Waals surface area contributed by atoms with E-state index in [1.54, 1.807) is 6.21 Å². The Morgan fingerprint density at radius 3 is 2.73 bits per heavy atom. The number of benzene rings is 1. The molecule has 5 aliphatic rings. The van der Waals surface area contributed by atoms with Crippen LogP contribution in [0.2, 0.25) is 0 Å². The van der Waals surface area contributed by atoms with Gasteiger partial charge in [-0.1, -0.05) is 0 Å². The second-order valence-electron chi connectivity index (χ2n) is 9.47. The zero-order valence-electron chi connectivity index (χ0n) is 16.7. The van der Waals surface area contributed by atoms with E-state index in [4.69, 9.17) is 0 Å². The summed E-state index contributed by atoms with van der Waals surface area (Å²) in [7, 11) is 0. The molecule has 2 atom stereocenters. The summed E-state index contributed by atoms with van der Waals surface area (Å²) >= 11 is 0. The van der Waals surface area contributed by atoms with E-state index >= 15 is 0 Å². The fourth-order valence-corrected chi connectivity index (χ4v) is 6.26. The molecule has 3 saturated carbocycles. The topological polar surface area (TPSA) is 50.5 Å². The smallest absolute Gasteiger partial charge is 0.249 e. The molecule has 2 bridgehead atoms. The van der Waals surface area contributed by atoms with Gasteiger partial charge in [-0.15, -0.1) is 0 Å². The summed E-state index contributed by atoms with van der Waals surface area (Å²) in [5.41, 5.74) is 2.84. The van der Waals surface area contributed by atoms with Crippen molar-refractivity contribution in [3.63, 3.8) is 0 Å². The number of amides is 1. The first kappa shape index (κ1) is 18.2. The minimum absolute atomic E-state index is 0.00960. The zero-order chi connectivity index (χ0) is 20.5. The molecular formula is C23H24F2N4O. The predicted molar refractivity (Wildman–Crippen MR) is 107 cm³/mol. The number of carbonyl (C=O) groups excluding carboxylic acids is 1. The minimum Gasteiger partial charge on any atom is -0.272 e. The van der Waals surface area contributed by atoms with Crippen LogP contribution in [0.4, 0.5) is 8.78 Å².